The molecule has 0 aliphatic carbocycles. The van der Waals surface area contributed by atoms with E-state index in [0.29, 0.717) is 10.1 Å². The summed E-state index contributed by atoms with van der Waals surface area (Å²) >= 11 is 3.10. The maximum atomic E-state index is 12.8. The summed E-state index contributed by atoms with van der Waals surface area (Å²) in [5.41, 5.74) is 0.602. The van der Waals surface area contributed by atoms with Crippen LogP contribution in [-0.2, 0) is 0 Å². The van der Waals surface area contributed by atoms with Gasteiger partial charge in [0.05, 0.1) is 4.47 Å². The van der Waals surface area contributed by atoms with Gasteiger partial charge in [-0.2, -0.15) is 0 Å². The van der Waals surface area contributed by atoms with Gasteiger partial charge in [-0.05, 0) is 22.0 Å². The number of hydrogen-bond acceptors (Lipinski definition) is 1. The molecule has 0 atom stereocenters. The third-order valence-electron chi connectivity index (χ3n) is 1.46. The molecular weight excluding hydrogens is 211 g/mol. The zero-order chi connectivity index (χ0) is 7.84. The maximum absolute atomic E-state index is 12.8. The van der Waals surface area contributed by atoms with Gasteiger partial charge in [-0.3, -0.25) is 0 Å². The van der Waals surface area contributed by atoms with Gasteiger partial charge in [0.25, 0.3) is 0 Å². The summed E-state index contributed by atoms with van der Waals surface area (Å²) in [5, 5.41) is 0. The van der Waals surface area contributed by atoms with E-state index in [0.717, 1.165) is 0 Å². The lowest BCUT2D eigenvalue weighted by atomic mass is 10.4. The van der Waals surface area contributed by atoms with Crippen molar-refractivity contribution >= 4 is 21.6 Å². The molecule has 0 saturated heterocycles. The Labute approximate surface area is 70.8 Å². The number of aromatic nitrogens is 2. The molecule has 2 heterocycles. The van der Waals surface area contributed by atoms with Crippen LogP contribution < -0.4 is 0 Å². The highest BCUT2D eigenvalue weighted by molar-refractivity contribution is 9.10. The van der Waals surface area contributed by atoms with Gasteiger partial charge in [-0.25, -0.2) is 9.37 Å². The van der Waals surface area contributed by atoms with Crippen molar-refractivity contribution in [1.29, 1.82) is 0 Å². The van der Waals surface area contributed by atoms with E-state index in [1.165, 1.54) is 6.07 Å². The van der Waals surface area contributed by atoms with Crippen molar-refractivity contribution in [3.8, 4) is 0 Å². The van der Waals surface area contributed by atoms with Gasteiger partial charge in [0.15, 0.2) is 5.65 Å². The van der Waals surface area contributed by atoms with Crippen molar-refractivity contribution in [2.45, 2.75) is 0 Å². The number of halogens is 2. The highest BCUT2D eigenvalue weighted by Crippen LogP contribution is 2.19. The van der Waals surface area contributed by atoms with Crippen LogP contribution in [0.1, 0.15) is 0 Å². The first-order chi connectivity index (χ1) is 5.29. The molecule has 0 aromatic carbocycles. The van der Waals surface area contributed by atoms with E-state index in [-0.39, 0.29) is 5.82 Å². The first-order valence-corrected chi connectivity index (χ1v) is 3.85. The highest BCUT2D eigenvalue weighted by Gasteiger charge is 2.03. The minimum absolute atomic E-state index is 0.288. The topological polar surface area (TPSA) is 17.3 Å². The molecule has 0 aliphatic rings. The van der Waals surface area contributed by atoms with Crippen LogP contribution in [0.25, 0.3) is 5.65 Å². The van der Waals surface area contributed by atoms with Crippen LogP contribution in [0.3, 0.4) is 0 Å². The van der Waals surface area contributed by atoms with E-state index in [4.69, 9.17) is 0 Å². The summed E-state index contributed by atoms with van der Waals surface area (Å²) < 4.78 is 15.0. The Hall–Kier alpha value is -0.900. The van der Waals surface area contributed by atoms with Crippen LogP contribution in [0, 0.1) is 5.82 Å². The summed E-state index contributed by atoms with van der Waals surface area (Å²) in [6, 6.07) is 1.39. The molecule has 0 bridgehead atoms. The Morgan fingerprint density at radius 1 is 1.45 bits per heavy atom. The number of imidazole rings is 1. The summed E-state index contributed by atoms with van der Waals surface area (Å²) in [4.78, 5) is 3.96. The van der Waals surface area contributed by atoms with Gasteiger partial charge in [-0.1, -0.05) is 0 Å². The fourth-order valence-corrected chi connectivity index (χ4v) is 1.37. The second-order valence-electron chi connectivity index (χ2n) is 2.14. The van der Waals surface area contributed by atoms with E-state index < -0.39 is 0 Å². The fourth-order valence-electron chi connectivity index (χ4n) is 0.929. The fraction of sp³-hybridized carbons (Fsp3) is 0. The Morgan fingerprint density at radius 2 is 2.27 bits per heavy atom. The zero-order valence-corrected chi connectivity index (χ0v) is 7.05. The van der Waals surface area contributed by atoms with E-state index in [2.05, 4.69) is 20.9 Å². The lowest BCUT2D eigenvalue weighted by molar-refractivity contribution is 0.619. The number of rotatable bonds is 0. The first kappa shape index (κ1) is 6.79. The van der Waals surface area contributed by atoms with Gasteiger partial charge < -0.3 is 4.40 Å². The Balaban J connectivity index is 2.93. The van der Waals surface area contributed by atoms with E-state index in [1.54, 1.807) is 23.0 Å². The molecule has 0 fully saturated rings. The first-order valence-electron chi connectivity index (χ1n) is 3.06. The Kier molecular flexibility index (Phi) is 1.42. The molecule has 0 saturated carbocycles. The average Bonchev–Trinajstić information content (AvgIpc) is 2.45. The van der Waals surface area contributed by atoms with Gasteiger partial charge in [0.1, 0.15) is 5.82 Å². The van der Waals surface area contributed by atoms with Crippen molar-refractivity contribution in [3.63, 3.8) is 0 Å². The predicted molar refractivity (Wildman–Crippen MR) is 42.9 cm³/mol. The van der Waals surface area contributed by atoms with Crippen LogP contribution in [-0.4, -0.2) is 9.38 Å². The quantitative estimate of drug-likeness (QED) is 0.658. The molecule has 2 nitrogen and oxygen atoms in total. The maximum Gasteiger partial charge on any atom is 0.154 e. The molecule has 56 valence electrons. The highest BCUT2D eigenvalue weighted by atomic mass is 79.9. The lowest BCUT2D eigenvalue weighted by Crippen LogP contribution is -1.86. The van der Waals surface area contributed by atoms with Crippen molar-refractivity contribution in [3.05, 3.63) is 34.9 Å². The van der Waals surface area contributed by atoms with Crippen molar-refractivity contribution < 1.29 is 4.39 Å². The van der Waals surface area contributed by atoms with Gasteiger partial charge in [0, 0.05) is 18.6 Å². The van der Waals surface area contributed by atoms with Crippen LogP contribution in [0.4, 0.5) is 4.39 Å². The second-order valence-corrected chi connectivity index (χ2v) is 2.93. The second kappa shape index (κ2) is 2.30. The lowest BCUT2D eigenvalue weighted by Gasteiger charge is -1.95. The van der Waals surface area contributed by atoms with Gasteiger partial charge >= 0.3 is 0 Å². The standard InChI is InChI=1S/C7H4BrFN2/c8-6-5(9)1-3-11-4-2-10-7(6)11/h1-4H. The van der Waals surface area contributed by atoms with E-state index in [1.807, 2.05) is 0 Å². The molecule has 0 radical (unpaired) electrons. The molecule has 4 heteroatoms. The largest absolute Gasteiger partial charge is 0.306 e. The third-order valence-corrected chi connectivity index (χ3v) is 2.19. The molecule has 0 spiro atoms. The average molecular weight is 215 g/mol. The summed E-state index contributed by atoms with van der Waals surface area (Å²) in [6.45, 7) is 0. The van der Waals surface area contributed by atoms with E-state index in [9.17, 15) is 4.39 Å². The van der Waals surface area contributed by atoms with Gasteiger partial charge in [0.2, 0.25) is 0 Å². The summed E-state index contributed by atoms with van der Waals surface area (Å²) in [6.07, 6.45) is 5.02. The molecule has 0 aliphatic heterocycles. The Bertz CT molecular complexity index is 396. The van der Waals surface area contributed by atoms with Crippen LogP contribution >= 0.6 is 15.9 Å². The van der Waals surface area contributed by atoms with Gasteiger partial charge in [-0.15, -0.1) is 0 Å². The number of hydrogen-bond donors (Lipinski definition) is 0. The molecule has 0 unspecified atom stereocenters. The summed E-state index contributed by atoms with van der Waals surface area (Å²) in [7, 11) is 0. The van der Waals surface area contributed by atoms with Crippen LogP contribution in [0.2, 0.25) is 0 Å². The van der Waals surface area contributed by atoms with Crippen LogP contribution in [0.5, 0.6) is 0 Å². The molecule has 11 heavy (non-hydrogen) atoms. The van der Waals surface area contributed by atoms with Crippen LogP contribution in [0.15, 0.2) is 29.1 Å². The number of nitrogens with zero attached hydrogens (tertiary/aromatic N) is 2. The minimum Gasteiger partial charge on any atom is -0.306 e. The van der Waals surface area contributed by atoms with Crippen molar-refractivity contribution in [2.75, 3.05) is 0 Å². The molecule has 0 N–H and O–H groups in total. The predicted octanol–water partition coefficient (Wildman–Crippen LogP) is 2.24. The SMILES string of the molecule is Fc1ccn2ccnc2c1Br. The monoisotopic (exact) mass is 214 g/mol. The third kappa shape index (κ3) is 0.939. The number of pyridine rings is 1. The normalized spacial score (nSPS) is 10.7. The zero-order valence-electron chi connectivity index (χ0n) is 5.46. The summed E-state index contributed by atoms with van der Waals surface area (Å²) in [5.74, 6) is -0.288. The molecule has 0 amide bonds. The van der Waals surface area contributed by atoms with E-state index >= 15 is 0 Å². The molecule has 2 rings (SSSR count). The molecule has 2 aromatic heterocycles. The molecular formula is C7H4BrFN2. The number of fused-ring (bicyclic) bond motifs is 1. The molecule has 2 aromatic rings. The Morgan fingerprint density at radius 3 is 3.09 bits per heavy atom. The minimum atomic E-state index is -0.288. The van der Waals surface area contributed by atoms with Crippen molar-refractivity contribution in [1.82, 2.24) is 9.38 Å². The van der Waals surface area contributed by atoms with Crippen molar-refractivity contribution in [2.24, 2.45) is 0 Å². The smallest absolute Gasteiger partial charge is 0.154 e.